The minimum absolute atomic E-state index is 0.431. The molecule has 2 bridgehead atoms. The minimum Gasteiger partial charge on any atom is -0.399 e. The van der Waals surface area contributed by atoms with Gasteiger partial charge >= 0.3 is 0 Å². The van der Waals surface area contributed by atoms with Gasteiger partial charge in [0.25, 0.3) is 0 Å². The molecule has 0 aliphatic heterocycles. The maximum absolute atomic E-state index is 5.18. The number of nitrogens with zero attached hydrogens (tertiary/aromatic N) is 1. The summed E-state index contributed by atoms with van der Waals surface area (Å²) in [4.78, 5) is 5.03. The Morgan fingerprint density at radius 2 is 2.06 bits per heavy atom. The molecule has 3 rings (SSSR count). The molecule has 0 spiro atoms. The first-order valence-electron chi connectivity index (χ1n) is 6.21. The Morgan fingerprint density at radius 3 is 2.62 bits per heavy atom. The van der Waals surface area contributed by atoms with Gasteiger partial charge in [-0.2, -0.15) is 0 Å². The Labute approximate surface area is 98.2 Å². The quantitative estimate of drug-likeness (QED) is 0.689. The van der Waals surface area contributed by atoms with Gasteiger partial charge in [0.15, 0.2) is 0 Å². The Balaban J connectivity index is 2.09. The third-order valence-electron chi connectivity index (χ3n) is 4.68. The molecule has 3 saturated carbocycles. The van der Waals surface area contributed by atoms with Gasteiger partial charge < -0.3 is 9.57 Å². The van der Waals surface area contributed by atoms with Crippen LogP contribution in [0, 0.1) is 23.2 Å². The van der Waals surface area contributed by atoms with Crippen LogP contribution in [-0.2, 0) is 9.57 Å². The molecule has 92 valence electrons. The number of rotatable bonds is 4. The van der Waals surface area contributed by atoms with E-state index in [4.69, 9.17) is 9.57 Å². The second-order valence-corrected chi connectivity index (χ2v) is 5.72. The van der Waals surface area contributed by atoms with E-state index < -0.39 is 0 Å². The number of oxime groups is 1. The average molecular weight is 225 g/mol. The summed E-state index contributed by atoms with van der Waals surface area (Å²) in [6, 6.07) is 0. The van der Waals surface area contributed by atoms with E-state index in [1.165, 1.54) is 18.6 Å². The molecule has 0 aromatic heterocycles. The lowest BCUT2D eigenvalue weighted by molar-refractivity contribution is -0.0208. The summed E-state index contributed by atoms with van der Waals surface area (Å²) in [5, 5.41) is 4.29. The van der Waals surface area contributed by atoms with E-state index in [9.17, 15) is 0 Å². The molecular weight excluding hydrogens is 202 g/mol. The number of hydrogen-bond acceptors (Lipinski definition) is 3. The highest BCUT2D eigenvalue weighted by Gasteiger charge is 2.56. The topological polar surface area (TPSA) is 30.8 Å². The fraction of sp³-hybridized carbons (Fsp3) is 0.923. The van der Waals surface area contributed by atoms with Crippen LogP contribution in [0.2, 0.25) is 0 Å². The predicted molar refractivity (Wildman–Crippen MR) is 64.4 cm³/mol. The summed E-state index contributed by atoms with van der Waals surface area (Å²) in [6.07, 6.45) is 3.65. The van der Waals surface area contributed by atoms with Gasteiger partial charge in [-0.1, -0.05) is 19.0 Å². The highest BCUT2D eigenvalue weighted by Crippen LogP contribution is 2.59. The molecule has 3 aliphatic carbocycles. The Bertz CT molecular complexity index is 286. The zero-order valence-electron chi connectivity index (χ0n) is 10.8. The van der Waals surface area contributed by atoms with E-state index >= 15 is 0 Å². The smallest absolute Gasteiger partial charge is 0.106 e. The Hall–Kier alpha value is -0.570. The van der Waals surface area contributed by atoms with Crippen LogP contribution in [-0.4, -0.2) is 26.5 Å². The Kier molecular flexibility index (Phi) is 3.24. The third kappa shape index (κ3) is 1.75. The summed E-state index contributed by atoms with van der Waals surface area (Å²) in [5.74, 6) is 2.08. The van der Waals surface area contributed by atoms with Gasteiger partial charge in [-0.3, -0.25) is 0 Å². The first-order valence-corrected chi connectivity index (χ1v) is 6.21. The zero-order chi connectivity index (χ0) is 11.8. The van der Waals surface area contributed by atoms with E-state index in [1.807, 2.05) is 0 Å². The number of hydrogen-bond donors (Lipinski definition) is 0. The van der Waals surface area contributed by atoms with Gasteiger partial charge in [0.05, 0.1) is 5.71 Å². The van der Waals surface area contributed by atoms with Crippen molar-refractivity contribution in [2.24, 2.45) is 28.3 Å². The van der Waals surface area contributed by atoms with Crippen molar-refractivity contribution in [2.45, 2.75) is 33.1 Å². The monoisotopic (exact) mass is 225 g/mol. The summed E-state index contributed by atoms with van der Waals surface area (Å²) < 4.78 is 5.18. The van der Waals surface area contributed by atoms with Crippen molar-refractivity contribution in [1.82, 2.24) is 0 Å². The molecule has 0 amide bonds. The van der Waals surface area contributed by atoms with Crippen LogP contribution in [0.3, 0.4) is 0 Å². The van der Waals surface area contributed by atoms with Crippen LogP contribution in [0.1, 0.15) is 33.1 Å². The zero-order valence-corrected chi connectivity index (χ0v) is 10.8. The van der Waals surface area contributed by atoms with Gasteiger partial charge in [0.2, 0.25) is 0 Å². The molecule has 0 aromatic rings. The van der Waals surface area contributed by atoms with Crippen molar-refractivity contribution in [3.05, 3.63) is 0 Å². The second kappa shape index (κ2) is 4.36. The largest absolute Gasteiger partial charge is 0.399 e. The second-order valence-electron chi connectivity index (χ2n) is 5.72. The molecule has 0 radical (unpaired) electrons. The summed E-state index contributed by atoms with van der Waals surface area (Å²) in [7, 11) is 3.42. The van der Waals surface area contributed by atoms with Gasteiger partial charge in [0, 0.05) is 25.6 Å². The summed E-state index contributed by atoms with van der Waals surface area (Å²) in [5.41, 5.74) is 1.72. The predicted octanol–water partition coefficient (Wildman–Crippen LogP) is 2.71. The SMILES string of the molecule is COCC[C@H]1C[C@H]2C[C@@H](C1=NOC)C2(C)C. The van der Waals surface area contributed by atoms with E-state index in [1.54, 1.807) is 14.2 Å². The molecule has 3 nitrogen and oxygen atoms in total. The third-order valence-corrected chi connectivity index (χ3v) is 4.68. The fourth-order valence-electron chi connectivity index (χ4n) is 3.44. The molecule has 16 heavy (non-hydrogen) atoms. The van der Waals surface area contributed by atoms with Crippen LogP contribution < -0.4 is 0 Å². The summed E-state index contributed by atoms with van der Waals surface area (Å²) >= 11 is 0. The van der Waals surface area contributed by atoms with Crippen molar-refractivity contribution in [1.29, 1.82) is 0 Å². The maximum atomic E-state index is 5.18. The van der Waals surface area contributed by atoms with E-state index in [0.717, 1.165) is 18.9 Å². The van der Waals surface area contributed by atoms with Gasteiger partial charge in [0.1, 0.15) is 7.11 Å². The highest BCUT2D eigenvalue weighted by molar-refractivity contribution is 5.91. The van der Waals surface area contributed by atoms with E-state index in [2.05, 4.69) is 19.0 Å². The number of methoxy groups -OCH3 is 1. The van der Waals surface area contributed by atoms with Gasteiger partial charge in [-0.25, -0.2) is 0 Å². The van der Waals surface area contributed by atoms with Gasteiger partial charge in [-0.15, -0.1) is 0 Å². The number of fused-ring (bicyclic) bond motifs is 2. The molecule has 0 aromatic carbocycles. The lowest BCUT2D eigenvalue weighted by Gasteiger charge is -2.59. The maximum Gasteiger partial charge on any atom is 0.106 e. The molecule has 0 heterocycles. The highest BCUT2D eigenvalue weighted by atomic mass is 16.6. The average Bonchev–Trinajstić information content (AvgIpc) is 2.27. The first kappa shape index (κ1) is 11.9. The summed E-state index contributed by atoms with van der Waals surface area (Å²) in [6.45, 7) is 5.56. The molecule has 3 fully saturated rings. The van der Waals surface area contributed by atoms with Crippen LogP contribution in [0.25, 0.3) is 0 Å². The minimum atomic E-state index is 0.431. The van der Waals surface area contributed by atoms with Crippen LogP contribution in [0.15, 0.2) is 5.16 Å². The molecule has 0 unspecified atom stereocenters. The van der Waals surface area contributed by atoms with Crippen molar-refractivity contribution < 1.29 is 9.57 Å². The molecule has 3 aliphatic rings. The van der Waals surface area contributed by atoms with Crippen molar-refractivity contribution >= 4 is 5.71 Å². The molecular formula is C13H23NO2. The van der Waals surface area contributed by atoms with Crippen LogP contribution >= 0.6 is 0 Å². The van der Waals surface area contributed by atoms with Crippen molar-refractivity contribution in [2.75, 3.05) is 20.8 Å². The standard InChI is InChI=1S/C13H23NO2/c1-13(2)10-7-9(5-6-15-3)12(14-16-4)11(13)8-10/h9-11H,5-8H2,1-4H3/t9-,10-,11-/m0/s1. The van der Waals surface area contributed by atoms with E-state index in [0.29, 0.717) is 17.3 Å². The lowest BCUT2D eigenvalue weighted by Crippen LogP contribution is -2.56. The molecule has 3 heteroatoms. The fourth-order valence-corrected chi connectivity index (χ4v) is 3.44. The van der Waals surface area contributed by atoms with E-state index in [-0.39, 0.29) is 0 Å². The van der Waals surface area contributed by atoms with Crippen LogP contribution in [0.5, 0.6) is 0 Å². The van der Waals surface area contributed by atoms with Crippen LogP contribution in [0.4, 0.5) is 0 Å². The number of ether oxygens (including phenoxy) is 1. The molecule has 3 atom stereocenters. The van der Waals surface area contributed by atoms with Crippen molar-refractivity contribution in [3.8, 4) is 0 Å². The molecule has 0 saturated heterocycles. The normalized spacial score (nSPS) is 38.2. The molecule has 0 N–H and O–H groups in total. The lowest BCUT2D eigenvalue weighted by atomic mass is 9.46. The first-order chi connectivity index (χ1) is 7.61. The van der Waals surface area contributed by atoms with Crippen molar-refractivity contribution in [3.63, 3.8) is 0 Å². The van der Waals surface area contributed by atoms with Gasteiger partial charge in [-0.05, 0) is 30.6 Å². The Morgan fingerprint density at radius 1 is 1.31 bits per heavy atom.